The zero-order valence-corrected chi connectivity index (χ0v) is 16.3. The van der Waals surface area contributed by atoms with Gasteiger partial charge >= 0.3 is 0 Å². The number of nitrogens with one attached hydrogen (secondary N) is 3. The van der Waals surface area contributed by atoms with Crippen LogP contribution in [-0.2, 0) is 19.6 Å². The number of rotatable bonds is 5. The number of hydrazine groups is 1. The highest BCUT2D eigenvalue weighted by Crippen LogP contribution is 2.22. The number of likely N-dealkylation sites (tertiary alicyclic amines) is 1. The minimum Gasteiger partial charge on any atom is -0.333 e. The van der Waals surface area contributed by atoms with E-state index in [4.69, 9.17) is 11.6 Å². The van der Waals surface area contributed by atoms with Crippen molar-refractivity contribution in [2.45, 2.75) is 30.6 Å². The molecule has 1 aromatic rings. The molecule has 1 heterocycles. The molecule has 9 nitrogen and oxygen atoms in total. The van der Waals surface area contributed by atoms with E-state index in [2.05, 4.69) is 15.6 Å². The first-order chi connectivity index (χ1) is 12.7. The van der Waals surface area contributed by atoms with Gasteiger partial charge < -0.3 is 4.90 Å². The average molecular weight is 417 g/mol. The first-order valence-electron chi connectivity index (χ1n) is 8.34. The maximum Gasteiger partial charge on any atom is 0.269 e. The van der Waals surface area contributed by atoms with Crippen molar-refractivity contribution < 1.29 is 22.8 Å². The molecule has 3 amide bonds. The van der Waals surface area contributed by atoms with Gasteiger partial charge in [-0.2, -0.15) is 0 Å². The predicted octanol–water partition coefficient (Wildman–Crippen LogP) is 0.412. The maximum absolute atomic E-state index is 12.2. The van der Waals surface area contributed by atoms with Crippen LogP contribution >= 0.6 is 11.6 Å². The van der Waals surface area contributed by atoms with Gasteiger partial charge in [-0.3, -0.25) is 25.2 Å². The number of carbonyl (C=O) groups excluding carboxylic acids is 3. The lowest BCUT2D eigenvalue weighted by atomic mass is 10.2. The van der Waals surface area contributed by atoms with Gasteiger partial charge in [-0.25, -0.2) is 13.1 Å². The summed E-state index contributed by atoms with van der Waals surface area (Å²) in [6.07, 6.45) is 2.99. The van der Waals surface area contributed by atoms with E-state index in [9.17, 15) is 22.8 Å². The highest BCUT2D eigenvalue weighted by Gasteiger charge is 2.21. The largest absolute Gasteiger partial charge is 0.333 e. The Balaban J connectivity index is 1.98. The van der Waals surface area contributed by atoms with Crippen molar-refractivity contribution in [2.75, 3.05) is 20.1 Å². The molecule has 3 N–H and O–H groups in total. The van der Waals surface area contributed by atoms with Gasteiger partial charge in [-0.1, -0.05) is 18.0 Å². The van der Waals surface area contributed by atoms with Crippen LogP contribution in [0.25, 0.3) is 0 Å². The van der Waals surface area contributed by atoms with E-state index in [1.165, 1.54) is 24.1 Å². The van der Waals surface area contributed by atoms with Crippen molar-refractivity contribution in [3.63, 3.8) is 0 Å². The maximum atomic E-state index is 12.2. The van der Waals surface area contributed by atoms with Crippen molar-refractivity contribution >= 4 is 39.3 Å². The summed E-state index contributed by atoms with van der Waals surface area (Å²) < 4.78 is 25.9. The molecule has 1 aliphatic rings. The van der Waals surface area contributed by atoms with Crippen LogP contribution in [-0.4, -0.2) is 51.2 Å². The zero-order valence-electron chi connectivity index (χ0n) is 14.7. The Kier molecular flexibility index (Phi) is 7.17. The first-order valence-corrected chi connectivity index (χ1v) is 10.2. The van der Waals surface area contributed by atoms with E-state index in [1.807, 2.05) is 0 Å². The predicted molar refractivity (Wildman–Crippen MR) is 98.4 cm³/mol. The lowest BCUT2D eigenvalue weighted by molar-refractivity contribution is -0.135. The Labute approximate surface area is 162 Å². The van der Waals surface area contributed by atoms with Crippen molar-refractivity contribution in [3.05, 3.63) is 28.8 Å². The van der Waals surface area contributed by atoms with Crippen LogP contribution in [0, 0.1) is 0 Å². The molecule has 0 atom stereocenters. The van der Waals surface area contributed by atoms with E-state index in [0.29, 0.717) is 13.0 Å². The van der Waals surface area contributed by atoms with Crippen LogP contribution in [0.15, 0.2) is 23.1 Å². The molecular weight excluding hydrogens is 396 g/mol. The fraction of sp³-hybridized carbons (Fsp3) is 0.438. The van der Waals surface area contributed by atoms with Gasteiger partial charge in [-0.15, -0.1) is 0 Å². The quantitative estimate of drug-likeness (QED) is 0.599. The number of amides is 3. The zero-order chi connectivity index (χ0) is 20.0. The first kappa shape index (κ1) is 21.1. The Morgan fingerprint density at radius 1 is 1.19 bits per heavy atom. The number of nitrogens with zero attached hydrogens (tertiary/aromatic N) is 1. The molecule has 1 fully saturated rings. The van der Waals surface area contributed by atoms with Gasteiger partial charge in [0.2, 0.25) is 15.9 Å². The van der Waals surface area contributed by atoms with E-state index in [1.54, 1.807) is 0 Å². The Morgan fingerprint density at radius 2 is 1.93 bits per heavy atom. The summed E-state index contributed by atoms with van der Waals surface area (Å²) in [5, 5.41) is -0.0374. The van der Waals surface area contributed by atoms with Crippen molar-refractivity contribution in [1.82, 2.24) is 20.5 Å². The standard InChI is InChI=1S/C16H21ClN4O5S/c1-18-27(25,26)13-9-11(6-7-12(13)17)16(24)20-19-14(22)10-21-8-4-2-3-5-15(21)23/h6-7,9,18H,2-5,8,10H2,1H3,(H,19,22)(H,20,24). The molecule has 11 heteroatoms. The third kappa shape index (κ3) is 5.65. The summed E-state index contributed by atoms with van der Waals surface area (Å²) in [5.74, 6) is -1.35. The third-order valence-electron chi connectivity index (χ3n) is 4.07. The molecular formula is C16H21ClN4O5S. The highest BCUT2D eigenvalue weighted by molar-refractivity contribution is 7.89. The van der Waals surface area contributed by atoms with Crippen molar-refractivity contribution in [1.29, 1.82) is 0 Å². The summed E-state index contributed by atoms with van der Waals surface area (Å²) >= 11 is 5.87. The Bertz CT molecular complexity index is 843. The fourth-order valence-electron chi connectivity index (χ4n) is 2.58. The van der Waals surface area contributed by atoms with E-state index >= 15 is 0 Å². The summed E-state index contributed by atoms with van der Waals surface area (Å²) in [7, 11) is -2.61. The molecule has 27 heavy (non-hydrogen) atoms. The van der Waals surface area contributed by atoms with Crippen LogP contribution < -0.4 is 15.6 Å². The minimum atomic E-state index is -3.84. The molecule has 2 rings (SSSR count). The summed E-state index contributed by atoms with van der Waals surface area (Å²) in [6, 6.07) is 3.71. The van der Waals surface area contributed by atoms with Crippen LogP contribution in [0.4, 0.5) is 0 Å². The van der Waals surface area contributed by atoms with E-state index in [0.717, 1.165) is 25.3 Å². The van der Waals surface area contributed by atoms with Gasteiger partial charge in [0.15, 0.2) is 0 Å². The number of halogens is 1. The normalized spacial score (nSPS) is 15.2. The molecule has 1 saturated heterocycles. The summed E-state index contributed by atoms with van der Waals surface area (Å²) in [5.41, 5.74) is 4.43. The number of carbonyl (C=O) groups is 3. The third-order valence-corrected chi connectivity index (χ3v) is 5.97. The number of sulfonamides is 1. The smallest absolute Gasteiger partial charge is 0.269 e. The Hall–Kier alpha value is -2.17. The van der Waals surface area contributed by atoms with Crippen LogP contribution in [0.3, 0.4) is 0 Å². The lowest BCUT2D eigenvalue weighted by Crippen LogP contribution is -2.47. The van der Waals surface area contributed by atoms with E-state index in [-0.39, 0.29) is 27.9 Å². The topological polar surface area (TPSA) is 125 Å². The minimum absolute atomic E-state index is 0.000580. The van der Waals surface area contributed by atoms with Gasteiger partial charge in [-0.05, 0) is 38.1 Å². The second kappa shape index (κ2) is 9.16. The summed E-state index contributed by atoms with van der Waals surface area (Å²) in [4.78, 5) is 37.2. The molecule has 0 spiro atoms. The molecule has 148 valence electrons. The number of hydrogen-bond acceptors (Lipinski definition) is 5. The van der Waals surface area contributed by atoms with Gasteiger partial charge in [0, 0.05) is 18.5 Å². The highest BCUT2D eigenvalue weighted by atomic mass is 35.5. The monoisotopic (exact) mass is 416 g/mol. The fourth-order valence-corrected chi connectivity index (χ4v) is 3.83. The molecule has 0 aliphatic carbocycles. The number of hydrogen-bond donors (Lipinski definition) is 3. The second-order valence-electron chi connectivity index (χ2n) is 5.98. The number of benzene rings is 1. The lowest BCUT2D eigenvalue weighted by Gasteiger charge is -2.19. The second-order valence-corrected chi connectivity index (χ2v) is 8.24. The van der Waals surface area contributed by atoms with E-state index < -0.39 is 21.8 Å². The van der Waals surface area contributed by atoms with Gasteiger partial charge in [0.25, 0.3) is 11.8 Å². The van der Waals surface area contributed by atoms with Crippen molar-refractivity contribution in [2.24, 2.45) is 0 Å². The molecule has 0 radical (unpaired) electrons. The molecule has 1 aromatic carbocycles. The Morgan fingerprint density at radius 3 is 2.63 bits per heavy atom. The average Bonchev–Trinajstić information content (AvgIpc) is 2.84. The van der Waals surface area contributed by atoms with Gasteiger partial charge in [0.05, 0.1) is 5.02 Å². The van der Waals surface area contributed by atoms with Crippen molar-refractivity contribution in [3.8, 4) is 0 Å². The molecule has 1 aliphatic heterocycles. The summed E-state index contributed by atoms with van der Waals surface area (Å²) in [6.45, 7) is 0.349. The van der Waals surface area contributed by atoms with Crippen LogP contribution in [0.5, 0.6) is 0 Å². The van der Waals surface area contributed by atoms with Crippen LogP contribution in [0.1, 0.15) is 36.0 Å². The molecule has 0 bridgehead atoms. The van der Waals surface area contributed by atoms with Gasteiger partial charge in [0.1, 0.15) is 11.4 Å². The molecule has 0 saturated carbocycles. The molecule has 0 aromatic heterocycles. The van der Waals surface area contributed by atoms with Crippen LogP contribution in [0.2, 0.25) is 5.02 Å². The SMILES string of the molecule is CNS(=O)(=O)c1cc(C(=O)NNC(=O)CN2CCCCCC2=O)ccc1Cl. The molecule has 0 unspecified atom stereocenters.